The zero-order valence-corrected chi connectivity index (χ0v) is 14.2. The molecule has 0 saturated heterocycles. The normalized spacial score (nSPS) is 11.9. The molecule has 1 rings (SSSR count). The summed E-state index contributed by atoms with van der Waals surface area (Å²) in [6.07, 6.45) is 3.63. The van der Waals surface area contributed by atoms with Crippen LogP contribution in [0, 0.1) is 8.99 Å². The molecule has 3 nitrogen and oxygen atoms in total. The molecule has 0 aliphatic rings. The number of allylic oxidation sites excluding steroid dienone is 3. The van der Waals surface area contributed by atoms with Crippen LogP contribution in [0.2, 0.25) is 0 Å². The Labute approximate surface area is 138 Å². The molecule has 0 fully saturated rings. The molecule has 21 heavy (non-hydrogen) atoms. The maximum atomic E-state index is 12.3. The van der Waals surface area contributed by atoms with Gasteiger partial charge in [0.25, 0.3) is 0 Å². The minimum Gasteiger partial charge on any atom is -0.299 e. The summed E-state index contributed by atoms with van der Waals surface area (Å²) >= 11 is 2.13. The average Bonchev–Trinajstić information content (AvgIpc) is 2.43. The van der Waals surface area contributed by atoms with Gasteiger partial charge in [-0.25, -0.2) is 0 Å². The van der Waals surface area contributed by atoms with E-state index in [2.05, 4.69) is 29.2 Å². The van der Waals surface area contributed by atoms with E-state index in [9.17, 15) is 14.4 Å². The van der Waals surface area contributed by atoms with E-state index in [-0.39, 0.29) is 18.0 Å². The SMILES string of the molecule is C=CCC(C(C)=O)(C(C)=O)/C(=C/C=O)c1ccccc1I. The van der Waals surface area contributed by atoms with E-state index >= 15 is 0 Å². The second-order valence-electron chi connectivity index (χ2n) is 4.71. The van der Waals surface area contributed by atoms with Crippen molar-refractivity contribution in [2.24, 2.45) is 5.41 Å². The van der Waals surface area contributed by atoms with Crippen LogP contribution in [-0.2, 0) is 14.4 Å². The van der Waals surface area contributed by atoms with Gasteiger partial charge < -0.3 is 0 Å². The Bertz CT molecular complexity index is 600. The van der Waals surface area contributed by atoms with E-state index in [1.807, 2.05) is 18.2 Å². The topological polar surface area (TPSA) is 51.2 Å². The van der Waals surface area contributed by atoms with Crippen LogP contribution in [0.15, 0.2) is 43.0 Å². The van der Waals surface area contributed by atoms with Crippen molar-refractivity contribution in [3.8, 4) is 0 Å². The minimum atomic E-state index is -1.36. The lowest BCUT2D eigenvalue weighted by Gasteiger charge is -2.31. The van der Waals surface area contributed by atoms with Crippen molar-refractivity contribution in [2.75, 3.05) is 0 Å². The Morgan fingerprint density at radius 2 is 1.81 bits per heavy atom. The summed E-state index contributed by atoms with van der Waals surface area (Å²) in [6.45, 7) is 6.40. The van der Waals surface area contributed by atoms with Gasteiger partial charge in [-0.3, -0.25) is 14.4 Å². The molecule has 0 aliphatic heterocycles. The highest BCUT2D eigenvalue weighted by molar-refractivity contribution is 14.1. The van der Waals surface area contributed by atoms with E-state index in [0.29, 0.717) is 11.9 Å². The number of hydrogen-bond acceptors (Lipinski definition) is 3. The third-order valence-corrected chi connectivity index (χ3v) is 4.45. The summed E-state index contributed by atoms with van der Waals surface area (Å²) in [5.74, 6) is -0.578. The molecular weight excluding hydrogens is 379 g/mol. The van der Waals surface area contributed by atoms with Crippen molar-refractivity contribution in [3.63, 3.8) is 0 Å². The maximum Gasteiger partial charge on any atom is 0.148 e. The molecule has 1 aromatic rings. The van der Waals surface area contributed by atoms with Gasteiger partial charge >= 0.3 is 0 Å². The van der Waals surface area contributed by atoms with Gasteiger partial charge in [0.15, 0.2) is 0 Å². The first-order valence-corrected chi connectivity index (χ1v) is 7.53. The molecule has 0 bridgehead atoms. The third kappa shape index (κ3) is 3.37. The van der Waals surface area contributed by atoms with E-state index in [0.717, 1.165) is 9.13 Å². The second kappa shape index (κ2) is 7.45. The van der Waals surface area contributed by atoms with Crippen LogP contribution in [0.4, 0.5) is 0 Å². The molecule has 0 saturated carbocycles. The Morgan fingerprint density at radius 3 is 2.24 bits per heavy atom. The molecule has 0 radical (unpaired) electrons. The molecule has 1 aromatic carbocycles. The van der Waals surface area contributed by atoms with Crippen molar-refractivity contribution in [2.45, 2.75) is 20.3 Å². The van der Waals surface area contributed by atoms with Gasteiger partial charge in [0, 0.05) is 3.57 Å². The van der Waals surface area contributed by atoms with Crippen LogP contribution in [-0.4, -0.2) is 17.9 Å². The predicted octanol–water partition coefficient (Wildman–Crippen LogP) is 3.61. The Kier molecular flexibility index (Phi) is 6.20. The molecule has 0 atom stereocenters. The Hall–Kier alpha value is -1.56. The van der Waals surface area contributed by atoms with Crippen molar-refractivity contribution < 1.29 is 14.4 Å². The van der Waals surface area contributed by atoms with Crippen LogP contribution in [0.3, 0.4) is 0 Å². The first kappa shape index (κ1) is 17.5. The van der Waals surface area contributed by atoms with Gasteiger partial charge in [-0.05, 0) is 66.1 Å². The van der Waals surface area contributed by atoms with Crippen LogP contribution in [0.1, 0.15) is 25.8 Å². The smallest absolute Gasteiger partial charge is 0.148 e. The fourth-order valence-corrected chi connectivity index (χ4v) is 3.13. The first-order chi connectivity index (χ1) is 9.91. The van der Waals surface area contributed by atoms with Crippen molar-refractivity contribution in [1.82, 2.24) is 0 Å². The molecule has 0 aliphatic carbocycles. The van der Waals surface area contributed by atoms with Gasteiger partial charge in [0.2, 0.25) is 0 Å². The molecule has 4 heteroatoms. The number of rotatable bonds is 7. The quantitative estimate of drug-likeness (QED) is 0.233. The van der Waals surface area contributed by atoms with Crippen LogP contribution < -0.4 is 0 Å². The second-order valence-corrected chi connectivity index (χ2v) is 5.87. The van der Waals surface area contributed by atoms with Gasteiger partial charge in [-0.2, -0.15) is 0 Å². The van der Waals surface area contributed by atoms with Crippen LogP contribution in [0.5, 0.6) is 0 Å². The highest BCUT2D eigenvalue weighted by Gasteiger charge is 2.43. The van der Waals surface area contributed by atoms with Gasteiger partial charge in [0.1, 0.15) is 23.3 Å². The Balaban J connectivity index is 3.71. The lowest BCUT2D eigenvalue weighted by molar-refractivity contribution is -0.134. The van der Waals surface area contributed by atoms with E-state index < -0.39 is 5.41 Å². The van der Waals surface area contributed by atoms with Gasteiger partial charge in [0.05, 0.1) is 0 Å². The molecule has 0 unspecified atom stereocenters. The highest BCUT2D eigenvalue weighted by Crippen LogP contribution is 2.41. The molecular formula is C17H17IO3. The van der Waals surface area contributed by atoms with Gasteiger partial charge in [-0.1, -0.05) is 24.3 Å². The average molecular weight is 396 g/mol. The summed E-state index contributed by atoms with van der Waals surface area (Å²) in [5, 5.41) is 0. The van der Waals surface area contributed by atoms with E-state index in [1.165, 1.54) is 26.0 Å². The number of aldehydes is 1. The summed E-state index contributed by atoms with van der Waals surface area (Å²) in [7, 11) is 0. The molecule has 0 amide bonds. The lowest BCUT2D eigenvalue weighted by atomic mass is 9.68. The van der Waals surface area contributed by atoms with E-state index in [4.69, 9.17) is 0 Å². The van der Waals surface area contributed by atoms with E-state index in [1.54, 1.807) is 6.07 Å². The van der Waals surface area contributed by atoms with Crippen molar-refractivity contribution in [3.05, 3.63) is 52.1 Å². The van der Waals surface area contributed by atoms with Crippen LogP contribution in [0.25, 0.3) is 5.57 Å². The maximum absolute atomic E-state index is 12.3. The summed E-state index contributed by atoms with van der Waals surface area (Å²) in [5.41, 5.74) is -0.205. The number of benzene rings is 1. The largest absolute Gasteiger partial charge is 0.299 e. The number of carbonyl (C=O) groups excluding carboxylic acids is 3. The number of halogens is 1. The first-order valence-electron chi connectivity index (χ1n) is 6.45. The molecule has 0 spiro atoms. The molecule has 110 valence electrons. The fourth-order valence-electron chi connectivity index (χ4n) is 2.45. The summed E-state index contributed by atoms with van der Waals surface area (Å²) in [4.78, 5) is 35.6. The standard InChI is InChI=1S/C17H17IO3/c1-4-10-17(12(2)20,13(3)21)15(9-11-19)14-7-5-6-8-16(14)18/h4-9,11H,1,10H2,2-3H3/b15-9+. The molecule has 0 N–H and O–H groups in total. The summed E-state index contributed by atoms with van der Waals surface area (Å²) in [6, 6.07) is 7.35. The predicted molar refractivity (Wildman–Crippen MR) is 91.8 cm³/mol. The zero-order valence-electron chi connectivity index (χ0n) is 12.1. The van der Waals surface area contributed by atoms with Crippen molar-refractivity contribution in [1.29, 1.82) is 0 Å². The molecule has 0 aromatic heterocycles. The third-order valence-electron chi connectivity index (χ3n) is 3.51. The highest BCUT2D eigenvalue weighted by atomic mass is 127. The van der Waals surface area contributed by atoms with Crippen molar-refractivity contribution >= 4 is 46.0 Å². The summed E-state index contributed by atoms with van der Waals surface area (Å²) < 4.78 is 0.874. The molecule has 0 heterocycles. The number of carbonyl (C=O) groups is 3. The minimum absolute atomic E-state index is 0.169. The van der Waals surface area contributed by atoms with Crippen LogP contribution >= 0.6 is 22.6 Å². The monoisotopic (exact) mass is 396 g/mol. The number of hydrogen-bond donors (Lipinski definition) is 0. The zero-order chi connectivity index (χ0) is 16.0. The Morgan fingerprint density at radius 1 is 1.24 bits per heavy atom. The number of Topliss-reactive ketones (excluding diaryl/α,β-unsaturated/α-hetero) is 2. The lowest BCUT2D eigenvalue weighted by Crippen LogP contribution is -2.37. The fraction of sp³-hybridized carbons (Fsp3) is 0.235. The van der Waals surface area contributed by atoms with Gasteiger partial charge in [-0.15, -0.1) is 6.58 Å². The number of ketones is 2.